The van der Waals surface area contributed by atoms with Crippen molar-refractivity contribution in [3.05, 3.63) is 48.3 Å². The van der Waals surface area contributed by atoms with Gasteiger partial charge in [0.1, 0.15) is 0 Å². The fourth-order valence-electron chi connectivity index (χ4n) is 2.46. The van der Waals surface area contributed by atoms with E-state index in [9.17, 15) is 4.79 Å². The van der Waals surface area contributed by atoms with E-state index in [0.717, 1.165) is 17.2 Å². The van der Waals surface area contributed by atoms with Gasteiger partial charge in [0.2, 0.25) is 5.91 Å². The Kier molecular flexibility index (Phi) is 9.84. The number of halogens is 1. The summed E-state index contributed by atoms with van der Waals surface area (Å²) in [7, 11) is 3.72. The third-order valence-electron chi connectivity index (χ3n) is 3.88. The highest BCUT2D eigenvalue weighted by atomic mass is 127. The number of aliphatic imine (C=N–C) groups is 1. The van der Waals surface area contributed by atoms with Crippen molar-refractivity contribution in [2.75, 3.05) is 27.2 Å². The van der Waals surface area contributed by atoms with Gasteiger partial charge in [-0.3, -0.25) is 9.79 Å². The highest BCUT2D eigenvalue weighted by Crippen LogP contribution is 2.09. The molecule has 8 heteroatoms. The molecule has 0 radical (unpaired) electrons. The van der Waals surface area contributed by atoms with Crippen molar-refractivity contribution in [1.82, 2.24) is 25.3 Å². The van der Waals surface area contributed by atoms with E-state index < -0.39 is 0 Å². The van der Waals surface area contributed by atoms with E-state index in [0.29, 0.717) is 19.6 Å². The summed E-state index contributed by atoms with van der Waals surface area (Å²) in [5.74, 6) is 0.831. The summed E-state index contributed by atoms with van der Waals surface area (Å²) in [4.78, 5) is 17.9. The van der Waals surface area contributed by atoms with Crippen molar-refractivity contribution in [3.8, 4) is 5.69 Å². The Morgan fingerprint density at radius 2 is 1.89 bits per heavy atom. The highest BCUT2D eigenvalue weighted by molar-refractivity contribution is 14.0. The molecule has 1 heterocycles. The third-order valence-corrected chi connectivity index (χ3v) is 3.88. The van der Waals surface area contributed by atoms with E-state index in [4.69, 9.17) is 0 Å². The van der Waals surface area contributed by atoms with Gasteiger partial charge >= 0.3 is 0 Å². The molecule has 0 unspecified atom stereocenters. The molecule has 27 heavy (non-hydrogen) atoms. The Morgan fingerprint density at radius 3 is 2.52 bits per heavy atom. The Bertz CT molecular complexity index is 729. The lowest BCUT2D eigenvalue weighted by atomic mass is 10.2. The third kappa shape index (κ3) is 7.20. The predicted octanol–water partition coefficient (Wildman–Crippen LogP) is 2.27. The van der Waals surface area contributed by atoms with Crippen LogP contribution in [0.4, 0.5) is 0 Å². The molecular formula is C19H29IN6O. The lowest BCUT2D eigenvalue weighted by Crippen LogP contribution is -2.42. The second-order valence-corrected chi connectivity index (χ2v) is 6.40. The summed E-state index contributed by atoms with van der Waals surface area (Å²) >= 11 is 0. The molecule has 0 aliphatic rings. The summed E-state index contributed by atoms with van der Waals surface area (Å²) in [6.45, 7) is 5.63. The molecule has 0 saturated carbocycles. The fourth-order valence-corrected chi connectivity index (χ4v) is 2.46. The van der Waals surface area contributed by atoms with E-state index in [-0.39, 0.29) is 35.8 Å². The molecule has 0 atom stereocenters. The Balaban J connectivity index is 0.00000364. The summed E-state index contributed by atoms with van der Waals surface area (Å²) in [5.41, 5.74) is 2.12. The van der Waals surface area contributed by atoms with E-state index in [1.54, 1.807) is 7.05 Å². The van der Waals surface area contributed by atoms with Crippen molar-refractivity contribution in [1.29, 1.82) is 0 Å². The zero-order valence-electron chi connectivity index (χ0n) is 16.3. The summed E-state index contributed by atoms with van der Waals surface area (Å²) < 4.78 is 1.86. The van der Waals surface area contributed by atoms with E-state index in [2.05, 4.69) is 20.7 Å². The van der Waals surface area contributed by atoms with Crippen molar-refractivity contribution < 1.29 is 4.79 Å². The maximum absolute atomic E-state index is 11.6. The largest absolute Gasteiger partial charge is 0.354 e. The number of aromatic nitrogens is 2. The molecule has 0 saturated heterocycles. The van der Waals surface area contributed by atoms with Gasteiger partial charge in [0.15, 0.2) is 5.96 Å². The van der Waals surface area contributed by atoms with Crippen LogP contribution in [0.15, 0.2) is 47.7 Å². The van der Waals surface area contributed by atoms with Gasteiger partial charge in [0, 0.05) is 51.4 Å². The number of rotatable bonds is 7. The highest BCUT2D eigenvalue weighted by Gasteiger charge is 2.09. The average Bonchev–Trinajstić information content (AvgIpc) is 3.10. The number of benzene rings is 1. The first-order valence-corrected chi connectivity index (χ1v) is 8.79. The maximum atomic E-state index is 11.6. The molecule has 0 aliphatic carbocycles. The minimum atomic E-state index is -0.00172. The normalized spacial score (nSPS) is 11.1. The van der Waals surface area contributed by atoms with Gasteiger partial charge < -0.3 is 15.5 Å². The van der Waals surface area contributed by atoms with Gasteiger partial charge in [-0.25, -0.2) is 4.68 Å². The van der Waals surface area contributed by atoms with Gasteiger partial charge in [-0.2, -0.15) is 5.10 Å². The van der Waals surface area contributed by atoms with Gasteiger partial charge in [0.05, 0.1) is 11.9 Å². The van der Waals surface area contributed by atoms with Crippen LogP contribution in [0.5, 0.6) is 0 Å². The first-order chi connectivity index (χ1) is 12.5. The molecule has 1 aromatic carbocycles. The van der Waals surface area contributed by atoms with Crippen molar-refractivity contribution in [3.63, 3.8) is 0 Å². The number of hydrogen-bond acceptors (Lipinski definition) is 3. The molecule has 1 amide bonds. The van der Waals surface area contributed by atoms with Crippen LogP contribution in [-0.2, 0) is 11.3 Å². The molecule has 2 rings (SSSR count). The van der Waals surface area contributed by atoms with E-state index in [1.807, 2.05) is 73.2 Å². The van der Waals surface area contributed by atoms with Crippen LogP contribution in [0.25, 0.3) is 5.69 Å². The lowest BCUT2D eigenvalue weighted by molar-refractivity contribution is -0.123. The van der Waals surface area contributed by atoms with Crippen LogP contribution in [-0.4, -0.2) is 53.7 Å². The molecule has 1 aromatic heterocycles. The monoisotopic (exact) mass is 484 g/mol. The van der Waals surface area contributed by atoms with Crippen LogP contribution in [0.2, 0.25) is 0 Å². The van der Waals surface area contributed by atoms with Crippen LogP contribution in [0.3, 0.4) is 0 Å². The van der Waals surface area contributed by atoms with Crippen LogP contribution in [0.1, 0.15) is 19.4 Å². The second kappa shape index (κ2) is 11.6. The molecular weight excluding hydrogens is 455 g/mol. The molecule has 7 nitrogen and oxygen atoms in total. The minimum absolute atomic E-state index is 0. The number of carbonyl (C=O) groups excluding carboxylic acids is 1. The minimum Gasteiger partial charge on any atom is -0.354 e. The fraction of sp³-hybridized carbons (Fsp3) is 0.421. The van der Waals surface area contributed by atoms with Gasteiger partial charge in [-0.1, -0.05) is 32.0 Å². The number of guanidine groups is 1. The van der Waals surface area contributed by atoms with E-state index >= 15 is 0 Å². The SMILES string of the molecule is CN=C(NCCNC(=O)C(C)C)N(C)Cc1cnn(-c2ccccc2)c1.I. The Morgan fingerprint density at radius 1 is 1.22 bits per heavy atom. The summed E-state index contributed by atoms with van der Waals surface area (Å²) in [5, 5.41) is 10.6. The number of nitrogens with one attached hydrogen (secondary N) is 2. The molecule has 148 valence electrons. The van der Waals surface area contributed by atoms with Crippen molar-refractivity contribution in [2.24, 2.45) is 10.9 Å². The molecule has 0 fully saturated rings. The number of nitrogens with zero attached hydrogens (tertiary/aromatic N) is 4. The van der Waals surface area contributed by atoms with Crippen molar-refractivity contribution in [2.45, 2.75) is 20.4 Å². The molecule has 0 spiro atoms. The summed E-state index contributed by atoms with van der Waals surface area (Å²) in [6.07, 6.45) is 3.88. The molecule has 0 bridgehead atoms. The average molecular weight is 484 g/mol. The van der Waals surface area contributed by atoms with Crippen molar-refractivity contribution >= 4 is 35.8 Å². The van der Waals surface area contributed by atoms with E-state index in [1.165, 1.54) is 0 Å². The Hall–Kier alpha value is -2.10. The first-order valence-electron chi connectivity index (χ1n) is 8.79. The Labute approximate surface area is 178 Å². The van der Waals surface area contributed by atoms with Crippen LogP contribution in [0, 0.1) is 5.92 Å². The summed E-state index contributed by atoms with van der Waals surface area (Å²) in [6, 6.07) is 10.0. The second-order valence-electron chi connectivity index (χ2n) is 6.40. The zero-order valence-corrected chi connectivity index (χ0v) is 18.7. The lowest BCUT2D eigenvalue weighted by Gasteiger charge is -2.21. The van der Waals surface area contributed by atoms with Crippen LogP contribution < -0.4 is 10.6 Å². The maximum Gasteiger partial charge on any atom is 0.222 e. The standard InChI is InChI=1S/C19H28N6O.HI/c1-15(2)18(26)21-10-11-22-19(20-3)24(4)13-16-12-23-25(14-16)17-8-6-5-7-9-17;/h5-9,12,14-15H,10-11,13H2,1-4H3,(H,20,22)(H,21,26);1H. The first kappa shape index (κ1) is 22.9. The van der Waals surface area contributed by atoms with Gasteiger partial charge in [-0.15, -0.1) is 24.0 Å². The molecule has 0 aliphatic heterocycles. The van der Waals surface area contributed by atoms with Crippen LogP contribution >= 0.6 is 24.0 Å². The number of para-hydroxylation sites is 1. The predicted molar refractivity (Wildman–Crippen MR) is 120 cm³/mol. The number of hydrogen-bond donors (Lipinski definition) is 2. The zero-order chi connectivity index (χ0) is 18.9. The molecule has 2 N–H and O–H groups in total. The smallest absolute Gasteiger partial charge is 0.222 e. The van der Waals surface area contributed by atoms with Gasteiger partial charge in [-0.05, 0) is 12.1 Å². The number of amides is 1. The topological polar surface area (TPSA) is 74.6 Å². The molecule has 2 aromatic rings. The quantitative estimate of drug-likeness (QED) is 0.274. The number of carbonyl (C=O) groups is 1. The van der Waals surface area contributed by atoms with Gasteiger partial charge in [0.25, 0.3) is 0 Å².